The number of methoxy groups -OCH3 is 1. The van der Waals surface area contributed by atoms with Gasteiger partial charge in [0.15, 0.2) is 0 Å². The average Bonchev–Trinajstić information content (AvgIpc) is 2.61. The van der Waals surface area contributed by atoms with Crippen molar-refractivity contribution in [1.82, 2.24) is 5.43 Å². The predicted octanol–water partition coefficient (Wildman–Crippen LogP) is 2.70. The summed E-state index contributed by atoms with van der Waals surface area (Å²) in [5, 5.41) is 2.65. The van der Waals surface area contributed by atoms with E-state index in [1.54, 1.807) is 0 Å². The zero-order valence-electron chi connectivity index (χ0n) is 12.8. The second-order valence-electron chi connectivity index (χ2n) is 4.69. The predicted molar refractivity (Wildman–Crippen MR) is 89.9 cm³/mol. The van der Waals surface area contributed by atoms with Crippen molar-refractivity contribution in [2.45, 2.75) is 6.61 Å². The summed E-state index contributed by atoms with van der Waals surface area (Å²) in [7, 11) is 1.38. The van der Waals surface area contributed by atoms with E-state index in [2.05, 4.69) is 5.32 Å². The number of rotatable bonds is 5. The zero-order chi connectivity index (χ0) is 17.5. The van der Waals surface area contributed by atoms with Crippen LogP contribution in [0.4, 0.5) is 10.5 Å². The van der Waals surface area contributed by atoms with Crippen LogP contribution < -0.4 is 21.3 Å². The molecule has 0 bridgehead atoms. The van der Waals surface area contributed by atoms with Gasteiger partial charge in [-0.15, -0.1) is 0 Å². The highest BCUT2D eigenvalue weighted by molar-refractivity contribution is 6.34. The number of nitrogens with two attached hydrogens (primary N) is 1. The van der Waals surface area contributed by atoms with Gasteiger partial charge in [-0.2, -0.15) is 0 Å². The van der Waals surface area contributed by atoms with Gasteiger partial charge >= 0.3 is 6.09 Å². The fourth-order valence-electron chi connectivity index (χ4n) is 1.94. The fraction of sp³-hybridized carbons (Fsp3) is 0.125. The Morgan fingerprint density at radius 1 is 1.21 bits per heavy atom. The lowest BCUT2D eigenvalue weighted by Gasteiger charge is -2.13. The summed E-state index contributed by atoms with van der Waals surface area (Å²) in [4.78, 5) is 23.5. The topological polar surface area (TPSA) is 103 Å². The van der Waals surface area contributed by atoms with E-state index in [1.807, 2.05) is 35.8 Å². The second-order valence-corrected chi connectivity index (χ2v) is 5.10. The maximum atomic E-state index is 11.9. The van der Waals surface area contributed by atoms with Gasteiger partial charge in [-0.1, -0.05) is 41.9 Å². The van der Waals surface area contributed by atoms with Gasteiger partial charge in [-0.3, -0.25) is 15.5 Å². The molecular weight excluding hydrogens is 334 g/mol. The highest BCUT2D eigenvalue weighted by Crippen LogP contribution is 2.31. The highest BCUT2D eigenvalue weighted by atomic mass is 35.5. The molecule has 0 heterocycles. The Kier molecular flexibility index (Phi) is 6.00. The lowest BCUT2D eigenvalue weighted by Crippen LogP contribution is -2.30. The molecule has 8 heteroatoms. The number of hydrazine groups is 1. The van der Waals surface area contributed by atoms with E-state index in [4.69, 9.17) is 26.9 Å². The van der Waals surface area contributed by atoms with E-state index in [0.717, 1.165) is 5.56 Å². The molecule has 126 valence electrons. The van der Waals surface area contributed by atoms with Crippen molar-refractivity contribution in [3.05, 3.63) is 58.6 Å². The zero-order valence-corrected chi connectivity index (χ0v) is 13.6. The van der Waals surface area contributed by atoms with Crippen LogP contribution in [0.1, 0.15) is 15.9 Å². The Morgan fingerprint density at radius 2 is 1.92 bits per heavy atom. The number of amides is 2. The molecule has 0 radical (unpaired) electrons. The Hall–Kier alpha value is -2.77. The smallest absolute Gasteiger partial charge is 0.412 e. The van der Waals surface area contributed by atoms with Gasteiger partial charge in [0, 0.05) is 6.07 Å². The standard InChI is InChI=1S/C16H16ClN3O4/c1-23-14-8-13(12(17)7-11(14)15(21)20-18)19-16(22)24-9-10-5-3-2-4-6-10/h2-8H,9,18H2,1H3,(H,19,22)(H,20,21). The number of hydrogen-bond acceptors (Lipinski definition) is 5. The van der Waals surface area contributed by atoms with E-state index in [0.29, 0.717) is 0 Å². The van der Waals surface area contributed by atoms with Gasteiger partial charge < -0.3 is 9.47 Å². The molecule has 0 aliphatic carbocycles. The van der Waals surface area contributed by atoms with Crippen molar-refractivity contribution >= 4 is 29.3 Å². The summed E-state index contributed by atoms with van der Waals surface area (Å²) in [6, 6.07) is 12.0. The SMILES string of the molecule is COc1cc(NC(=O)OCc2ccccc2)c(Cl)cc1C(=O)NN. The first-order valence-electron chi connectivity index (χ1n) is 6.91. The number of nitrogens with one attached hydrogen (secondary N) is 2. The van der Waals surface area contributed by atoms with Crippen molar-refractivity contribution in [2.24, 2.45) is 5.84 Å². The number of ether oxygens (including phenoxy) is 2. The van der Waals surface area contributed by atoms with Gasteiger partial charge in [0.1, 0.15) is 12.4 Å². The summed E-state index contributed by atoms with van der Waals surface area (Å²) in [6.45, 7) is 0.120. The minimum atomic E-state index is -0.682. The first kappa shape index (κ1) is 17.6. The largest absolute Gasteiger partial charge is 0.496 e. The van der Waals surface area contributed by atoms with Crippen molar-refractivity contribution in [3.63, 3.8) is 0 Å². The molecule has 2 aromatic carbocycles. The number of hydrogen-bond donors (Lipinski definition) is 3. The number of carbonyl (C=O) groups excluding carboxylic acids is 2. The van der Waals surface area contributed by atoms with Gasteiger partial charge in [0.05, 0.1) is 23.4 Å². The van der Waals surface area contributed by atoms with E-state index in [1.165, 1.54) is 19.2 Å². The molecule has 4 N–H and O–H groups in total. The summed E-state index contributed by atoms with van der Waals surface area (Å²) < 4.78 is 10.2. The molecule has 0 aromatic heterocycles. The minimum Gasteiger partial charge on any atom is -0.496 e. The van der Waals surface area contributed by atoms with Crippen molar-refractivity contribution in [3.8, 4) is 5.75 Å². The maximum absolute atomic E-state index is 11.9. The van der Waals surface area contributed by atoms with Crippen LogP contribution in [-0.2, 0) is 11.3 Å². The molecule has 7 nitrogen and oxygen atoms in total. The molecule has 0 atom stereocenters. The van der Waals surface area contributed by atoms with Crippen LogP contribution in [0, 0.1) is 0 Å². The van der Waals surface area contributed by atoms with Crippen LogP contribution >= 0.6 is 11.6 Å². The third-order valence-electron chi connectivity index (χ3n) is 3.11. The highest BCUT2D eigenvalue weighted by Gasteiger charge is 2.16. The van der Waals surface area contributed by atoms with E-state index >= 15 is 0 Å². The quantitative estimate of drug-likeness (QED) is 0.437. The van der Waals surface area contributed by atoms with Crippen LogP contribution in [-0.4, -0.2) is 19.1 Å². The van der Waals surface area contributed by atoms with Crippen LogP contribution in [0.2, 0.25) is 5.02 Å². The Labute approximate surface area is 143 Å². The molecule has 0 saturated heterocycles. The molecule has 0 spiro atoms. The molecule has 2 rings (SSSR count). The lowest BCUT2D eigenvalue weighted by molar-refractivity contribution is 0.0950. The molecule has 0 aliphatic heterocycles. The van der Waals surface area contributed by atoms with Crippen molar-refractivity contribution in [1.29, 1.82) is 0 Å². The van der Waals surface area contributed by atoms with Gasteiger partial charge in [-0.25, -0.2) is 10.6 Å². The minimum absolute atomic E-state index is 0.120. The van der Waals surface area contributed by atoms with Crippen LogP contribution in [0.3, 0.4) is 0 Å². The molecule has 24 heavy (non-hydrogen) atoms. The van der Waals surface area contributed by atoms with Crippen molar-refractivity contribution in [2.75, 3.05) is 12.4 Å². The third-order valence-corrected chi connectivity index (χ3v) is 3.43. The number of carbonyl (C=O) groups is 2. The summed E-state index contributed by atoms with van der Waals surface area (Å²) >= 11 is 6.07. The molecule has 0 fully saturated rings. The normalized spacial score (nSPS) is 9.96. The lowest BCUT2D eigenvalue weighted by atomic mass is 10.1. The summed E-state index contributed by atoms with van der Waals surface area (Å²) in [6.07, 6.45) is -0.682. The Morgan fingerprint density at radius 3 is 2.54 bits per heavy atom. The first-order chi connectivity index (χ1) is 11.5. The monoisotopic (exact) mass is 349 g/mol. The van der Waals surface area contributed by atoms with Crippen LogP contribution in [0.5, 0.6) is 5.75 Å². The van der Waals surface area contributed by atoms with E-state index in [9.17, 15) is 9.59 Å². The second kappa shape index (κ2) is 8.19. The molecule has 0 aliphatic rings. The fourth-order valence-corrected chi connectivity index (χ4v) is 2.15. The maximum Gasteiger partial charge on any atom is 0.412 e. The van der Waals surface area contributed by atoms with Crippen LogP contribution in [0.15, 0.2) is 42.5 Å². The van der Waals surface area contributed by atoms with E-state index in [-0.39, 0.29) is 28.6 Å². The molecule has 2 amide bonds. The molecule has 0 unspecified atom stereocenters. The van der Waals surface area contributed by atoms with Crippen LogP contribution in [0.25, 0.3) is 0 Å². The third kappa shape index (κ3) is 4.37. The molecule has 0 saturated carbocycles. The van der Waals surface area contributed by atoms with Gasteiger partial charge in [0.2, 0.25) is 0 Å². The average molecular weight is 350 g/mol. The first-order valence-corrected chi connectivity index (χ1v) is 7.29. The van der Waals surface area contributed by atoms with Crippen molar-refractivity contribution < 1.29 is 19.1 Å². The number of anilines is 1. The number of benzene rings is 2. The number of halogens is 1. The van der Waals surface area contributed by atoms with Gasteiger partial charge in [0.25, 0.3) is 5.91 Å². The van der Waals surface area contributed by atoms with E-state index < -0.39 is 12.0 Å². The number of nitrogen functional groups attached to an aromatic ring is 1. The summed E-state index contributed by atoms with van der Waals surface area (Å²) in [5.74, 6) is 4.75. The molecule has 2 aromatic rings. The molecular formula is C16H16ClN3O4. The summed E-state index contributed by atoms with van der Waals surface area (Å²) in [5.41, 5.74) is 3.24. The Balaban J connectivity index is 2.08. The Bertz CT molecular complexity index is 738. The van der Waals surface area contributed by atoms with Gasteiger partial charge in [-0.05, 0) is 11.6 Å².